The Kier molecular flexibility index (Phi) is 10.5. The van der Waals surface area contributed by atoms with Gasteiger partial charge in [0.2, 0.25) is 12.7 Å². The van der Waals surface area contributed by atoms with Gasteiger partial charge in [0.15, 0.2) is 29.8 Å². The number of piperazine rings is 1. The van der Waals surface area contributed by atoms with E-state index in [4.69, 9.17) is 33.2 Å². The minimum Gasteiger partial charge on any atom is -0.493 e. The third-order valence-corrected chi connectivity index (χ3v) is 10.5. The van der Waals surface area contributed by atoms with E-state index < -0.39 is 18.2 Å². The first kappa shape index (κ1) is 36.1. The van der Waals surface area contributed by atoms with Gasteiger partial charge in [0.1, 0.15) is 18.4 Å². The monoisotopic (exact) mass is 724 g/mol. The van der Waals surface area contributed by atoms with E-state index in [-0.39, 0.29) is 57.2 Å². The van der Waals surface area contributed by atoms with Gasteiger partial charge in [-0.1, -0.05) is 49.1 Å². The van der Waals surface area contributed by atoms with E-state index in [1.54, 1.807) is 14.2 Å². The number of benzene rings is 3. The van der Waals surface area contributed by atoms with Crippen molar-refractivity contribution in [2.45, 2.75) is 69.7 Å². The topological polar surface area (TPSA) is 150 Å². The van der Waals surface area contributed by atoms with Crippen molar-refractivity contribution in [1.29, 1.82) is 5.26 Å². The number of aryl methyl sites for hydroxylation is 2. The van der Waals surface area contributed by atoms with Gasteiger partial charge < -0.3 is 43.8 Å². The lowest BCUT2D eigenvalue weighted by molar-refractivity contribution is -0.121. The van der Waals surface area contributed by atoms with Crippen molar-refractivity contribution in [2.24, 2.45) is 0 Å². The van der Waals surface area contributed by atoms with Gasteiger partial charge in [-0.15, -0.1) is 0 Å². The molecule has 2 N–H and O–H groups in total. The molecule has 5 atom stereocenters. The van der Waals surface area contributed by atoms with E-state index in [0.717, 1.165) is 22.3 Å². The van der Waals surface area contributed by atoms with Crippen molar-refractivity contribution in [3.05, 3.63) is 88.0 Å². The van der Waals surface area contributed by atoms with Gasteiger partial charge in [0.25, 0.3) is 0 Å². The van der Waals surface area contributed by atoms with Gasteiger partial charge in [-0.05, 0) is 49.8 Å². The van der Waals surface area contributed by atoms with E-state index in [1.165, 1.54) is 6.08 Å². The second-order valence-corrected chi connectivity index (χ2v) is 13.6. The molecule has 0 spiro atoms. The molecule has 0 radical (unpaired) electrons. The van der Waals surface area contributed by atoms with Crippen molar-refractivity contribution >= 4 is 12.1 Å². The quantitative estimate of drug-likeness (QED) is 0.113. The standard InChI is InChI=1S/C40H44N4O9/c1-6-14-49-40(46)53-36-23(3)37-39(52-21-51-37)33-26(36)17-28-34-32-25(15-22(2)35(48-5)38(32)50-20-47-4)16-27(43-34)29(18-41)44(28)30(33)19-42-31(45)13-12-24-10-8-7-9-11-24/h6-11,15,27-30,34,43H,1,12-14,16-17,19-21H2,2-5H3,(H,42,45)/t27-,28?,29+,30+,34+/m1/s1. The first-order chi connectivity index (χ1) is 25.8. The van der Waals surface area contributed by atoms with Crippen LogP contribution in [0.1, 0.15) is 57.4 Å². The maximum atomic E-state index is 13.5. The fraction of sp³-hybridized carbons (Fsp3) is 0.425. The molecule has 0 saturated carbocycles. The van der Waals surface area contributed by atoms with Crippen molar-refractivity contribution in [2.75, 3.05) is 41.0 Å². The summed E-state index contributed by atoms with van der Waals surface area (Å²) >= 11 is 0. The van der Waals surface area contributed by atoms with E-state index in [0.29, 0.717) is 64.7 Å². The normalized spacial score (nSPS) is 22.0. The molecule has 7 rings (SSSR count). The average Bonchev–Trinajstić information content (AvgIpc) is 3.66. The zero-order chi connectivity index (χ0) is 37.2. The fourth-order valence-electron chi connectivity index (χ4n) is 8.43. The number of methoxy groups -OCH3 is 2. The van der Waals surface area contributed by atoms with Crippen molar-refractivity contribution < 1.29 is 42.7 Å². The summed E-state index contributed by atoms with van der Waals surface area (Å²) in [6.07, 6.45) is 2.33. The molecular formula is C40H44N4O9. The minimum atomic E-state index is -0.891. The number of carbonyl (C=O) groups is 2. The molecule has 3 aromatic rings. The third-order valence-electron chi connectivity index (χ3n) is 10.5. The van der Waals surface area contributed by atoms with Crippen molar-refractivity contribution in [3.63, 3.8) is 0 Å². The summed E-state index contributed by atoms with van der Waals surface area (Å²) in [5, 5.41) is 17.9. The molecule has 4 aliphatic rings. The van der Waals surface area contributed by atoms with Crippen LogP contribution in [0.25, 0.3) is 0 Å². The van der Waals surface area contributed by atoms with E-state index in [9.17, 15) is 14.9 Å². The van der Waals surface area contributed by atoms with Gasteiger partial charge >= 0.3 is 6.16 Å². The average molecular weight is 725 g/mol. The Balaban J connectivity index is 1.36. The predicted octanol–water partition coefficient (Wildman–Crippen LogP) is 4.90. The molecule has 53 heavy (non-hydrogen) atoms. The highest BCUT2D eigenvalue weighted by Crippen LogP contribution is 2.57. The summed E-state index contributed by atoms with van der Waals surface area (Å²) in [6, 6.07) is 12.4. The predicted molar refractivity (Wildman–Crippen MR) is 192 cm³/mol. The summed E-state index contributed by atoms with van der Waals surface area (Å²) in [5.41, 5.74) is 5.91. The SMILES string of the molecule is C=CCOC(=O)Oc1c(C)c2c(c3c1CC1[C@@H]4N[C@H](Cc5cc(C)c(OC)c(OCOC)c54)[C@H](C#N)N1[C@H]3CNC(=O)CCc1ccccc1)OCO2. The molecule has 0 aliphatic carbocycles. The number of nitriles is 1. The lowest BCUT2D eigenvalue weighted by Gasteiger charge is -2.56. The minimum absolute atomic E-state index is 0.00551. The second kappa shape index (κ2) is 15.4. The molecule has 2 bridgehead atoms. The largest absolute Gasteiger partial charge is 0.514 e. The molecule has 1 amide bonds. The van der Waals surface area contributed by atoms with Crippen LogP contribution in [-0.4, -0.2) is 76.0 Å². The molecule has 1 unspecified atom stereocenters. The lowest BCUT2D eigenvalue weighted by atomic mass is 9.72. The van der Waals surface area contributed by atoms with Gasteiger partial charge in [-0.2, -0.15) is 5.26 Å². The summed E-state index contributed by atoms with van der Waals surface area (Å²) in [6.45, 7) is 7.51. The summed E-state index contributed by atoms with van der Waals surface area (Å²) in [5.74, 6) is 2.28. The third kappa shape index (κ3) is 6.63. The summed E-state index contributed by atoms with van der Waals surface area (Å²) < 4.78 is 40.8. The van der Waals surface area contributed by atoms with Crippen LogP contribution in [0, 0.1) is 25.2 Å². The van der Waals surface area contributed by atoms with Crippen LogP contribution in [0.5, 0.6) is 28.7 Å². The number of rotatable bonds is 12. The zero-order valence-electron chi connectivity index (χ0n) is 30.4. The lowest BCUT2D eigenvalue weighted by Crippen LogP contribution is -2.68. The maximum Gasteiger partial charge on any atom is 0.514 e. The van der Waals surface area contributed by atoms with E-state index in [1.807, 2.05) is 44.2 Å². The fourth-order valence-corrected chi connectivity index (χ4v) is 8.43. The molecule has 0 aromatic heterocycles. The molecule has 278 valence electrons. The highest BCUT2D eigenvalue weighted by Gasteiger charge is 2.54. The maximum absolute atomic E-state index is 13.5. The molecule has 1 saturated heterocycles. The molecule has 1 fully saturated rings. The Morgan fingerprint density at radius 2 is 1.89 bits per heavy atom. The molecule has 13 heteroatoms. The van der Waals surface area contributed by atoms with Gasteiger partial charge in [0.05, 0.1) is 25.3 Å². The van der Waals surface area contributed by atoms with Crippen LogP contribution in [-0.2, 0) is 33.5 Å². The van der Waals surface area contributed by atoms with Crippen LogP contribution in [0.2, 0.25) is 0 Å². The molecule has 3 aromatic carbocycles. The Morgan fingerprint density at radius 1 is 1.09 bits per heavy atom. The molecule has 4 heterocycles. The zero-order valence-corrected chi connectivity index (χ0v) is 30.4. The summed E-state index contributed by atoms with van der Waals surface area (Å²) in [4.78, 5) is 28.7. The van der Waals surface area contributed by atoms with Crippen LogP contribution in [0.3, 0.4) is 0 Å². The number of fused-ring (bicyclic) bond motifs is 9. The van der Waals surface area contributed by atoms with Gasteiger partial charge in [0, 0.05) is 54.4 Å². The Bertz CT molecular complexity index is 1940. The number of nitrogens with zero attached hydrogens (tertiary/aromatic N) is 2. The number of ether oxygens (including phenoxy) is 7. The van der Waals surface area contributed by atoms with Crippen LogP contribution < -0.4 is 34.3 Å². The number of hydrogen-bond acceptors (Lipinski definition) is 12. The number of nitrogens with one attached hydrogen (secondary N) is 2. The Hall–Kier alpha value is -5.29. The number of carbonyl (C=O) groups excluding carboxylic acids is 2. The highest BCUT2D eigenvalue weighted by molar-refractivity contribution is 5.77. The van der Waals surface area contributed by atoms with Crippen LogP contribution in [0.15, 0.2) is 49.1 Å². The van der Waals surface area contributed by atoms with Crippen LogP contribution in [0.4, 0.5) is 4.79 Å². The van der Waals surface area contributed by atoms with Crippen molar-refractivity contribution in [1.82, 2.24) is 15.5 Å². The van der Waals surface area contributed by atoms with E-state index in [2.05, 4.69) is 34.2 Å². The van der Waals surface area contributed by atoms with Crippen LogP contribution >= 0.6 is 0 Å². The highest BCUT2D eigenvalue weighted by atomic mass is 16.7. The Morgan fingerprint density at radius 3 is 2.62 bits per heavy atom. The number of hydrogen-bond donors (Lipinski definition) is 2. The number of amides is 1. The first-order valence-electron chi connectivity index (χ1n) is 17.8. The van der Waals surface area contributed by atoms with E-state index >= 15 is 0 Å². The smallest absolute Gasteiger partial charge is 0.493 e. The Labute approximate surface area is 308 Å². The van der Waals surface area contributed by atoms with Crippen molar-refractivity contribution in [3.8, 4) is 34.8 Å². The molecule has 13 nitrogen and oxygen atoms in total. The van der Waals surface area contributed by atoms with Gasteiger partial charge in [-0.25, -0.2) is 4.79 Å². The first-order valence-corrected chi connectivity index (χ1v) is 17.8. The summed E-state index contributed by atoms with van der Waals surface area (Å²) in [7, 11) is 3.17. The van der Waals surface area contributed by atoms with Gasteiger partial charge in [-0.3, -0.25) is 9.69 Å². The molecule has 4 aliphatic heterocycles. The second-order valence-electron chi connectivity index (χ2n) is 13.6. The molecular weight excluding hydrogens is 680 g/mol.